The molecule has 3 amide bonds. The second-order valence-corrected chi connectivity index (χ2v) is 9.32. The number of rotatable bonds is 6. The van der Waals surface area contributed by atoms with E-state index in [2.05, 4.69) is 15.6 Å². The molecule has 0 bridgehead atoms. The molecule has 1 fully saturated rings. The Morgan fingerprint density at radius 2 is 1.88 bits per heavy atom. The van der Waals surface area contributed by atoms with Crippen molar-refractivity contribution < 1.29 is 19.6 Å². The fourth-order valence-corrected chi connectivity index (χ4v) is 4.70. The van der Waals surface area contributed by atoms with Crippen molar-refractivity contribution in [2.75, 3.05) is 5.32 Å². The zero-order chi connectivity index (χ0) is 22.9. The molecule has 0 radical (unpaired) electrons. The van der Waals surface area contributed by atoms with Gasteiger partial charge in [0.2, 0.25) is 11.4 Å². The third-order valence-electron chi connectivity index (χ3n) is 5.42. The van der Waals surface area contributed by atoms with E-state index >= 15 is 0 Å². The Bertz CT molecular complexity index is 1130. The number of carbonyl (C=O) groups excluding carboxylic acids is 3. The molecule has 4 rings (SSSR count). The SMILES string of the molecule is CC(C)CC1C(=O)NC(Cc2ccccc2)(C(=O)Nc2nc3ccccc3s2)C(=O)N1O. The van der Waals surface area contributed by atoms with Gasteiger partial charge in [0, 0.05) is 6.42 Å². The van der Waals surface area contributed by atoms with Gasteiger partial charge in [0.15, 0.2) is 5.13 Å². The number of benzene rings is 2. The number of hydrogen-bond acceptors (Lipinski definition) is 6. The number of fused-ring (bicyclic) bond motifs is 1. The van der Waals surface area contributed by atoms with Gasteiger partial charge in [0.1, 0.15) is 6.04 Å². The number of nitrogens with zero attached hydrogens (tertiary/aromatic N) is 2. The maximum atomic E-state index is 13.5. The van der Waals surface area contributed by atoms with Gasteiger partial charge >= 0.3 is 0 Å². The fourth-order valence-electron chi connectivity index (χ4n) is 3.83. The van der Waals surface area contributed by atoms with E-state index in [1.54, 1.807) is 24.3 Å². The molecule has 3 aromatic rings. The van der Waals surface area contributed by atoms with Crippen LogP contribution in [-0.4, -0.2) is 44.6 Å². The number of nitrogens with one attached hydrogen (secondary N) is 2. The van der Waals surface area contributed by atoms with Crippen molar-refractivity contribution in [1.29, 1.82) is 0 Å². The van der Waals surface area contributed by atoms with Crippen LogP contribution in [0.15, 0.2) is 54.6 Å². The average Bonchev–Trinajstić information content (AvgIpc) is 3.17. The molecule has 2 atom stereocenters. The third kappa shape index (κ3) is 4.09. The molecule has 0 saturated carbocycles. The Balaban J connectivity index is 1.70. The van der Waals surface area contributed by atoms with Crippen LogP contribution in [0.25, 0.3) is 10.2 Å². The fraction of sp³-hybridized carbons (Fsp3) is 0.304. The highest BCUT2D eigenvalue weighted by Gasteiger charge is 2.56. The number of para-hydroxylation sites is 1. The first-order valence-electron chi connectivity index (χ1n) is 10.4. The van der Waals surface area contributed by atoms with Gasteiger partial charge in [-0.25, -0.2) is 10.0 Å². The number of aromatic nitrogens is 1. The molecule has 1 aliphatic heterocycles. The molecular formula is C23H24N4O4S. The van der Waals surface area contributed by atoms with Crippen LogP contribution in [-0.2, 0) is 20.8 Å². The first-order chi connectivity index (χ1) is 15.3. The Morgan fingerprint density at radius 3 is 2.56 bits per heavy atom. The number of hydrogen-bond donors (Lipinski definition) is 3. The van der Waals surface area contributed by atoms with E-state index in [4.69, 9.17) is 0 Å². The van der Waals surface area contributed by atoms with Gasteiger partial charge in [0.25, 0.3) is 11.8 Å². The van der Waals surface area contributed by atoms with Crippen LogP contribution in [0.5, 0.6) is 0 Å². The van der Waals surface area contributed by atoms with Crippen LogP contribution in [0, 0.1) is 5.92 Å². The summed E-state index contributed by atoms with van der Waals surface area (Å²) >= 11 is 1.26. The van der Waals surface area contributed by atoms with Gasteiger partial charge in [-0.1, -0.05) is 67.6 Å². The number of thiazole rings is 1. The molecule has 0 aliphatic carbocycles. The molecular weight excluding hydrogens is 428 g/mol. The lowest BCUT2D eigenvalue weighted by Gasteiger charge is -2.42. The number of hydroxylamine groups is 2. The van der Waals surface area contributed by atoms with Gasteiger partial charge in [-0.15, -0.1) is 0 Å². The van der Waals surface area contributed by atoms with Crippen molar-refractivity contribution in [2.45, 2.75) is 38.3 Å². The minimum atomic E-state index is -2.00. The van der Waals surface area contributed by atoms with E-state index in [1.807, 2.05) is 44.2 Å². The molecule has 3 N–H and O–H groups in total. The molecule has 2 unspecified atom stereocenters. The monoisotopic (exact) mass is 452 g/mol. The average molecular weight is 453 g/mol. The van der Waals surface area contributed by atoms with E-state index in [9.17, 15) is 19.6 Å². The molecule has 1 saturated heterocycles. The number of anilines is 1. The lowest BCUT2D eigenvalue weighted by atomic mass is 9.84. The smallest absolute Gasteiger partial charge is 0.282 e. The Labute approximate surface area is 189 Å². The highest BCUT2D eigenvalue weighted by atomic mass is 32.1. The molecule has 0 spiro atoms. The van der Waals surface area contributed by atoms with Crippen LogP contribution >= 0.6 is 11.3 Å². The lowest BCUT2D eigenvalue weighted by molar-refractivity contribution is -0.197. The predicted octanol–water partition coefficient (Wildman–Crippen LogP) is 2.98. The molecule has 2 heterocycles. The van der Waals surface area contributed by atoms with Crippen LogP contribution in [0.3, 0.4) is 0 Å². The van der Waals surface area contributed by atoms with Gasteiger partial charge in [-0.3, -0.25) is 24.9 Å². The molecule has 166 valence electrons. The van der Waals surface area contributed by atoms with E-state index in [0.29, 0.717) is 21.3 Å². The summed E-state index contributed by atoms with van der Waals surface area (Å²) in [6.45, 7) is 3.77. The summed E-state index contributed by atoms with van der Waals surface area (Å²) in [6.07, 6.45) is 0.162. The highest BCUT2D eigenvalue weighted by molar-refractivity contribution is 7.22. The summed E-state index contributed by atoms with van der Waals surface area (Å²) < 4.78 is 0.875. The first-order valence-corrected chi connectivity index (χ1v) is 11.2. The second-order valence-electron chi connectivity index (χ2n) is 8.29. The standard InChI is InChI=1S/C23H24N4O4S/c1-14(2)12-17-19(28)26-23(21(30)27(17)31,13-15-8-4-3-5-9-15)20(29)25-22-24-16-10-6-7-11-18(16)32-22/h3-11,14,17,31H,12-13H2,1-2H3,(H,26,28)(H,24,25,29). The van der Waals surface area contributed by atoms with Gasteiger partial charge in [-0.2, -0.15) is 0 Å². The quantitative estimate of drug-likeness (QED) is 0.393. The third-order valence-corrected chi connectivity index (χ3v) is 6.37. The lowest BCUT2D eigenvalue weighted by Crippen LogP contribution is -2.74. The van der Waals surface area contributed by atoms with Crippen molar-refractivity contribution in [3.8, 4) is 0 Å². The van der Waals surface area contributed by atoms with Gasteiger partial charge in [-0.05, 0) is 30.0 Å². The Kier molecular flexibility index (Phi) is 5.94. The minimum Gasteiger partial charge on any atom is -0.332 e. The van der Waals surface area contributed by atoms with E-state index in [0.717, 1.165) is 4.70 Å². The number of piperazine rings is 1. The van der Waals surface area contributed by atoms with Gasteiger partial charge < -0.3 is 5.32 Å². The summed E-state index contributed by atoms with van der Waals surface area (Å²) in [6, 6.07) is 15.2. The summed E-state index contributed by atoms with van der Waals surface area (Å²) in [7, 11) is 0. The molecule has 32 heavy (non-hydrogen) atoms. The summed E-state index contributed by atoms with van der Waals surface area (Å²) in [5.74, 6) is -2.13. The topological polar surface area (TPSA) is 112 Å². The summed E-state index contributed by atoms with van der Waals surface area (Å²) in [5.41, 5.74) is -0.626. The molecule has 1 aromatic heterocycles. The predicted molar refractivity (Wildman–Crippen MR) is 121 cm³/mol. The maximum Gasteiger partial charge on any atom is 0.282 e. The Morgan fingerprint density at radius 1 is 1.19 bits per heavy atom. The normalized spacial score (nSPS) is 21.1. The highest BCUT2D eigenvalue weighted by Crippen LogP contribution is 2.29. The van der Waals surface area contributed by atoms with Crippen molar-refractivity contribution >= 4 is 44.4 Å². The Hall–Kier alpha value is -3.30. The summed E-state index contributed by atoms with van der Waals surface area (Å²) in [5, 5.41) is 16.7. The van der Waals surface area contributed by atoms with Crippen molar-refractivity contribution in [3.05, 3.63) is 60.2 Å². The largest absolute Gasteiger partial charge is 0.332 e. The van der Waals surface area contributed by atoms with Crippen molar-refractivity contribution in [1.82, 2.24) is 15.4 Å². The molecule has 8 nitrogen and oxygen atoms in total. The molecule has 2 aromatic carbocycles. The van der Waals surface area contributed by atoms with Crippen molar-refractivity contribution in [2.24, 2.45) is 5.92 Å². The van der Waals surface area contributed by atoms with Gasteiger partial charge in [0.05, 0.1) is 10.2 Å². The molecule has 1 aliphatic rings. The zero-order valence-corrected chi connectivity index (χ0v) is 18.6. The number of amides is 3. The van der Waals surface area contributed by atoms with E-state index in [-0.39, 0.29) is 18.8 Å². The zero-order valence-electron chi connectivity index (χ0n) is 17.7. The minimum absolute atomic E-state index is 0.0615. The van der Waals surface area contributed by atoms with Crippen LogP contribution < -0.4 is 10.6 Å². The van der Waals surface area contributed by atoms with Crippen LogP contribution in [0.1, 0.15) is 25.8 Å². The molecule has 9 heteroatoms. The van der Waals surface area contributed by atoms with E-state index < -0.39 is 29.3 Å². The van der Waals surface area contributed by atoms with E-state index in [1.165, 1.54) is 11.3 Å². The van der Waals surface area contributed by atoms with Crippen LogP contribution in [0.2, 0.25) is 0 Å². The second kappa shape index (κ2) is 8.68. The first kappa shape index (κ1) is 21.9. The number of carbonyl (C=O) groups is 3. The van der Waals surface area contributed by atoms with Crippen molar-refractivity contribution in [3.63, 3.8) is 0 Å². The summed E-state index contributed by atoms with van der Waals surface area (Å²) in [4.78, 5) is 44.2. The maximum absolute atomic E-state index is 13.5. The van der Waals surface area contributed by atoms with Crippen LogP contribution in [0.4, 0.5) is 5.13 Å².